The van der Waals surface area contributed by atoms with Crippen LogP contribution in [0.1, 0.15) is 43.3 Å². The van der Waals surface area contributed by atoms with Crippen LogP contribution in [0, 0.1) is 20.8 Å². The van der Waals surface area contributed by atoms with Crippen LogP contribution in [0.25, 0.3) is 0 Å². The number of ether oxygens (including phenoxy) is 1. The Hall–Kier alpha value is -1.93. The average Bonchev–Trinajstić information content (AvgIpc) is 3.15. The topological polar surface area (TPSA) is 77.3 Å². The van der Waals surface area contributed by atoms with Crippen molar-refractivity contribution < 1.29 is 13.2 Å². The number of pyridine rings is 1. The second-order valence-corrected chi connectivity index (χ2v) is 8.98. The molecule has 0 radical (unpaired) electrons. The van der Waals surface area contributed by atoms with Crippen LogP contribution in [-0.4, -0.2) is 46.7 Å². The smallest absolute Gasteiger partial charge is 0.246 e. The summed E-state index contributed by atoms with van der Waals surface area (Å²) in [6.45, 7) is 10.3. The van der Waals surface area contributed by atoms with Gasteiger partial charge in [0.25, 0.3) is 0 Å². The first-order valence-electron chi connectivity index (χ1n) is 8.85. The molecule has 0 aromatic carbocycles. The van der Waals surface area contributed by atoms with E-state index in [1.165, 1.54) is 4.31 Å². The monoisotopic (exact) mass is 378 g/mol. The molecule has 26 heavy (non-hydrogen) atoms. The quantitative estimate of drug-likeness (QED) is 0.799. The van der Waals surface area contributed by atoms with Gasteiger partial charge in [0, 0.05) is 24.8 Å². The number of rotatable bonds is 5. The minimum atomic E-state index is -3.60. The van der Waals surface area contributed by atoms with Crippen molar-refractivity contribution in [2.75, 3.05) is 13.1 Å². The molecule has 0 aliphatic carbocycles. The highest BCUT2D eigenvalue weighted by Gasteiger charge is 2.37. The summed E-state index contributed by atoms with van der Waals surface area (Å²) < 4.78 is 35.4. The van der Waals surface area contributed by atoms with Gasteiger partial charge in [-0.2, -0.15) is 9.40 Å². The first kappa shape index (κ1) is 18.8. The number of aromatic nitrogens is 3. The van der Waals surface area contributed by atoms with Crippen molar-refractivity contribution in [3.05, 3.63) is 35.3 Å². The van der Waals surface area contributed by atoms with E-state index in [1.807, 2.05) is 39.8 Å². The van der Waals surface area contributed by atoms with Crippen LogP contribution in [0.2, 0.25) is 0 Å². The van der Waals surface area contributed by atoms with E-state index in [1.54, 1.807) is 17.8 Å². The summed E-state index contributed by atoms with van der Waals surface area (Å²) in [6, 6.07) is 3.85. The Kier molecular flexibility index (Phi) is 5.07. The fourth-order valence-corrected chi connectivity index (χ4v) is 5.21. The largest absolute Gasteiger partial charge is 0.473 e. The highest BCUT2D eigenvalue weighted by Crippen LogP contribution is 2.28. The third kappa shape index (κ3) is 3.48. The van der Waals surface area contributed by atoms with Gasteiger partial charge in [-0.1, -0.05) is 6.07 Å². The van der Waals surface area contributed by atoms with E-state index in [4.69, 9.17) is 4.74 Å². The molecule has 0 spiro atoms. The van der Waals surface area contributed by atoms with Crippen molar-refractivity contribution >= 4 is 10.0 Å². The zero-order chi connectivity index (χ0) is 19.1. The summed E-state index contributed by atoms with van der Waals surface area (Å²) in [5.41, 5.74) is 2.28. The lowest BCUT2D eigenvalue weighted by atomic mass is 10.3. The predicted octanol–water partition coefficient (Wildman–Crippen LogP) is 2.63. The van der Waals surface area contributed by atoms with Crippen LogP contribution in [0.3, 0.4) is 0 Å². The molecule has 0 amide bonds. The van der Waals surface area contributed by atoms with Crippen molar-refractivity contribution in [1.82, 2.24) is 19.1 Å². The average molecular weight is 378 g/mol. The SMILES string of the molecule is Cc1ccc(OC2CCN(S(=O)(=O)c3c(C)nn(C(C)C)c3C)C2)nc1. The molecule has 3 heterocycles. The van der Waals surface area contributed by atoms with E-state index in [0.29, 0.717) is 41.7 Å². The fraction of sp³-hybridized carbons (Fsp3) is 0.556. The molecule has 1 fully saturated rings. The lowest BCUT2D eigenvalue weighted by Crippen LogP contribution is -2.31. The lowest BCUT2D eigenvalue weighted by molar-refractivity contribution is 0.207. The van der Waals surface area contributed by atoms with Crippen LogP contribution < -0.4 is 4.74 Å². The summed E-state index contributed by atoms with van der Waals surface area (Å²) >= 11 is 0. The number of nitrogens with zero attached hydrogens (tertiary/aromatic N) is 4. The molecule has 8 heteroatoms. The van der Waals surface area contributed by atoms with Gasteiger partial charge >= 0.3 is 0 Å². The summed E-state index contributed by atoms with van der Waals surface area (Å²) in [7, 11) is -3.60. The van der Waals surface area contributed by atoms with Gasteiger partial charge in [-0.3, -0.25) is 4.68 Å². The van der Waals surface area contributed by atoms with Gasteiger partial charge in [-0.15, -0.1) is 0 Å². The summed E-state index contributed by atoms with van der Waals surface area (Å²) in [5, 5.41) is 4.41. The third-order valence-electron chi connectivity index (χ3n) is 4.62. The molecule has 1 atom stereocenters. The van der Waals surface area contributed by atoms with Crippen LogP contribution >= 0.6 is 0 Å². The zero-order valence-corrected chi connectivity index (χ0v) is 16.7. The predicted molar refractivity (Wildman–Crippen MR) is 98.9 cm³/mol. The maximum Gasteiger partial charge on any atom is 0.246 e. The van der Waals surface area contributed by atoms with Crippen molar-refractivity contribution in [2.24, 2.45) is 0 Å². The van der Waals surface area contributed by atoms with E-state index in [2.05, 4.69) is 10.1 Å². The minimum absolute atomic E-state index is 0.111. The van der Waals surface area contributed by atoms with Crippen LogP contribution in [0.5, 0.6) is 5.88 Å². The molecule has 142 valence electrons. The van der Waals surface area contributed by atoms with E-state index in [0.717, 1.165) is 5.56 Å². The third-order valence-corrected chi connectivity index (χ3v) is 6.74. The maximum atomic E-state index is 13.2. The number of hydrogen-bond donors (Lipinski definition) is 0. The van der Waals surface area contributed by atoms with Crippen molar-refractivity contribution in [3.8, 4) is 5.88 Å². The molecule has 1 aliphatic heterocycles. The molecule has 1 aliphatic rings. The molecule has 2 aromatic heterocycles. The van der Waals surface area contributed by atoms with Crippen LogP contribution in [0.15, 0.2) is 23.2 Å². The Labute approximate surface area is 155 Å². The first-order chi connectivity index (χ1) is 12.2. The second-order valence-electron chi connectivity index (χ2n) is 7.10. The van der Waals surface area contributed by atoms with E-state index in [9.17, 15) is 8.42 Å². The minimum Gasteiger partial charge on any atom is -0.473 e. The number of aryl methyl sites for hydroxylation is 2. The summed E-state index contributed by atoms with van der Waals surface area (Å²) in [6.07, 6.45) is 2.19. The number of sulfonamides is 1. The van der Waals surface area contributed by atoms with Crippen molar-refractivity contribution in [2.45, 2.75) is 58.1 Å². The maximum absolute atomic E-state index is 13.2. The highest BCUT2D eigenvalue weighted by atomic mass is 32.2. The molecule has 2 aromatic rings. The first-order valence-corrected chi connectivity index (χ1v) is 10.3. The van der Waals surface area contributed by atoms with Gasteiger partial charge < -0.3 is 4.74 Å². The van der Waals surface area contributed by atoms with E-state index >= 15 is 0 Å². The van der Waals surface area contributed by atoms with Gasteiger partial charge in [0.15, 0.2) is 0 Å². The number of hydrogen-bond acceptors (Lipinski definition) is 5. The highest BCUT2D eigenvalue weighted by molar-refractivity contribution is 7.89. The summed E-state index contributed by atoms with van der Waals surface area (Å²) in [5.74, 6) is 0.528. The lowest BCUT2D eigenvalue weighted by Gasteiger charge is -2.17. The molecular formula is C18H26N4O3S. The fourth-order valence-electron chi connectivity index (χ4n) is 3.36. The molecule has 3 rings (SSSR count). The van der Waals surface area contributed by atoms with Gasteiger partial charge in [0.1, 0.15) is 11.0 Å². The molecule has 1 saturated heterocycles. The molecule has 1 unspecified atom stereocenters. The Morgan fingerprint density at radius 3 is 2.54 bits per heavy atom. The van der Waals surface area contributed by atoms with Gasteiger partial charge in [0.05, 0.1) is 17.9 Å². The second kappa shape index (κ2) is 7.00. The van der Waals surface area contributed by atoms with Crippen LogP contribution in [0.4, 0.5) is 0 Å². The molecular weight excluding hydrogens is 352 g/mol. The van der Waals surface area contributed by atoms with E-state index < -0.39 is 10.0 Å². The van der Waals surface area contributed by atoms with Gasteiger partial charge in [-0.25, -0.2) is 13.4 Å². The molecule has 7 nitrogen and oxygen atoms in total. The standard InChI is InChI=1S/C18H26N4O3S/c1-12(2)22-15(5)18(14(4)20-22)26(23,24)21-9-8-16(11-21)25-17-7-6-13(3)10-19-17/h6-7,10,12,16H,8-9,11H2,1-5H3. The van der Waals surface area contributed by atoms with Gasteiger partial charge in [-0.05, 0) is 46.6 Å². The molecule has 0 saturated carbocycles. The Balaban J connectivity index is 1.78. The summed E-state index contributed by atoms with van der Waals surface area (Å²) in [4.78, 5) is 4.55. The Morgan fingerprint density at radius 2 is 1.96 bits per heavy atom. The molecule has 0 N–H and O–H groups in total. The normalized spacial score (nSPS) is 18.6. The zero-order valence-electron chi connectivity index (χ0n) is 15.9. The van der Waals surface area contributed by atoms with Crippen LogP contribution in [-0.2, 0) is 10.0 Å². The van der Waals surface area contributed by atoms with Crippen molar-refractivity contribution in [3.63, 3.8) is 0 Å². The van der Waals surface area contributed by atoms with Gasteiger partial charge in [0.2, 0.25) is 15.9 Å². The van der Waals surface area contributed by atoms with E-state index in [-0.39, 0.29) is 12.1 Å². The Bertz CT molecular complexity index is 888. The van der Waals surface area contributed by atoms with Crippen molar-refractivity contribution in [1.29, 1.82) is 0 Å². The molecule has 0 bridgehead atoms. The Morgan fingerprint density at radius 1 is 1.23 bits per heavy atom.